The van der Waals surface area contributed by atoms with Crippen molar-refractivity contribution in [1.82, 2.24) is 20.0 Å². The van der Waals surface area contributed by atoms with Crippen LogP contribution in [0.4, 0.5) is 4.39 Å². The number of hydrogen-bond acceptors (Lipinski definition) is 4. The van der Waals surface area contributed by atoms with Crippen molar-refractivity contribution in [3.8, 4) is 0 Å². The summed E-state index contributed by atoms with van der Waals surface area (Å²) in [6.07, 6.45) is 0. The van der Waals surface area contributed by atoms with E-state index in [1.54, 1.807) is 17.9 Å². The molecule has 2 aliphatic rings. The summed E-state index contributed by atoms with van der Waals surface area (Å²) in [6, 6.07) is 2.14. The highest BCUT2D eigenvalue weighted by Crippen LogP contribution is 2.26. The average molecular weight is 383 g/mol. The van der Waals surface area contributed by atoms with E-state index >= 15 is 0 Å². The first-order valence-corrected chi connectivity index (χ1v) is 9.21. The summed E-state index contributed by atoms with van der Waals surface area (Å²) in [5.74, 6) is -1.28. The standard InChI is InChI=1S/C18H24ClFN4O2/c1-12-3-4-13(20)15(16(12)19)18(26)24-6-5-21-11-14(24)17(25)23-9-7-22(2)8-10-23/h3-4,14,21H,5-11H2,1-2H3. The number of carbonyl (C=O) groups excluding carboxylic acids is 2. The van der Waals surface area contributed by atoms with Gasteiger partial charge in [-0.25, -0.2) is 4.39 Å². The van der Waals surface area contributed by atoms with Gasteiger partial charge in [0.2, 0.25) is 5.91 Å². The first kappa shape index (κ1) is 19.1. The van der Waals surface area contributed by atoms with Crippen LogP contribution in [0, 0.1) is 12.7 Å². The summed E-state index contributed by atoms with van der Waals surface area (Å²) in [4.78, 5) is 31.4. The van der Waals surface area contributed by atoms with Crippen LogP contribution in [-0.2, 0) is 4.79 Å². The molecule has 0 aromatic heterocycles. The highest BCUT2D eigenvalue weighted by atomic mass is 35.5. The van der Waals surface area contributed by atoms with Gasteiger partial charge in [-0.15, -0.1) is 0 Å². The van der Waals surface area contributed by atoms with Gasteiger partial charge in [-0.3, -0.25) is 9.59 Å². The summed E-state index contributed by atoms with van der Waals surface area (Å²) in [5.41, 5.74) is 0.484. The molecule has 1 N–H and O–H groups in total. The van der Waals surface area contributed by atoms with Crippen molar-refractivity contribution >= 4 is 23.4 Å². The quantitative estimate of drug-likeness (QED) is 0.828. The van der Waals surface area contributed by atoms with Gasteiger partial charge in [-0.2, -0.15) is 0 Å². The lowest BCUT2D eigenvalue weighted by Gasteiger charge is -2.40. The minimum atomic E-state index is -0.657. The molecule has 0 radical (unpaired) electrons. The first-order valence-electron chi connectivity index (χ1n) is 8.83. The minimum absolute atomic E-state index is 0.0946. The molecule has 1 aromatic rings. The van der Waals surface area contributed by atoms with Crippen molar-refractivity contribution in [1.29, 1.82) is 0 Å². The molecule has 2 heterocycles. The van der Waals surface area contributed by atoms with E-state index in [0.717, 1.165) is 13.1 Å². The zero-order valence-corrected chi connectivity index (χ0v) is 15.9. The van der Waals surface area contributed by atoms with Crippen molar-refractivity contribution in [2.45, 2.75) is 13.0 Å². The molecule has 1 aromatic carbocycles. The third kappa shape index (κ3) is 3.70. The summed E-state index contributed by atoms with van der Waals surface area (Å²) in [5, 5.41) is 3.27. The van der Waals surface area contributed by atoms with E-state index in [-0.39, 0.29) is 16.5 Å². The zero-order valence-electron chi connectivity index (χ0n) is 15.1. The van der Waals surface area contributed by atoms with Gasteiger partial charge in [0, 0.05) is 45.8 Å². The van der Waals surface area contributed by atoms with Crippen molar-refractivity contribution in [2.75, 3.05) is 52.9 Å². The highest BCUT2D eigenvalue weighted by Gasteiger charge is 2.37. The fourth-order valence-electron chi connectivity index (χ4n) is 3.40. The van der Waals surface area contributed by atoms with Crippen LogP contribution in [0.2, 0.25) is 5.02 Å². The normalized spacial score (nSPS) is 21.8. The maximum atomic E-state index is 14.3. The fraction of sp³-hybridized carbons (Fsp3) is 0.556. The van der Waals surface area contributed by atoms with Crippen LogP contribution in [0.1, 0.15) is 15.9 Å². The van der Waals surface area contributed by atoms with Gasteiger partial charge in [-0.1, -0.05) is 17.7 Å². The first-order chi connectivity index (χ1) is 12.4. The largest absolute Gasteiger partial charge is 0.338 e. The number of likely N-dealkylation sites (N-methyl/N-ethyl adjacent to an activating group) is 1. The summed E-state index contributed by atoms with van der Waals surface area (Å²) in [6.45, 7) is 5.86. The second-order valence-electron chi connectivity index (χ2n) is 6.90. The lowest BCUT2D eigenvalue weighted by molar-refractivity contribution is -0.138. The Morgan fingerprint density at radius 1 is 1.19 bits per heavy atom. The van der Waals surface area contributed by atoms with Crippen LogP contribution in [0.15, 0.2) is 12.1 Å². The van der Waals surface area contributed by atoms with Gasteiger partial charge in [-0.05, 0) is 25.6 Å². The van der Waals surface area contributed by atoms with Crippen LogP contribution < -0.4 is 5.32 Å². The Labute approximate surface area is 157 Å². The predicted molar refractivity (Wildman–Crippen MR) is 97.9 cm³/mol. The molecule has 8 heteroatoms. The van der Waals surface area contributed by atoms with E-state index in [1.165, 1.54) is 11.0 Å². The lowest BCUT2D eigenvalue weighted by atomic mass is 10.1. The van der Waals surface area contributed by atoms with E-state index in [0.29, 0.717) is 38.3 Å². The van der Waals surface area contributed by atoms with E-state index in [1.807, 2.05) is 7.05 Å². The zero-order chi connectivity index (χ0) is 18.8. The number of rotatable bonds is 2. The SMILES string of the molecule is Cc1ccc(F)c(C(=O)N2CCNCC2C(=O)N2CCN(C)CC2)c1Cl. The van der Waals surface area contributed by atoms with Gasteiger partial charge >= 0.3 is 0 Å². The molecule has 2 fully saturated rings. The highest BCUT2D eigenvalue weighted by molar-refractivity contribution is 6.34. The Balaban J connectivity index is 1.84. The molecule has 1 unspecified atom stereocenters. The Bertz CT molecular complexity index is 707. The molecule has 1 atom stereocenters. The van der Waals surface area contributed by atoms with Crippen LogP contribution in [0.25, 0.3) is 0 Å². The van der Waals surface area contributed by atoms with Crippen LogP contribution in [-0.4, -0.2) is 85.4 Å². The Kier molecular flexibility index (Phi) is 5.79. The van der Waals surface area contributed by atoms with Gasteiger partial charge in [0.25, 0.3) is 5.91 Å². The van der Waals surface area contributed by atoms with E-state index in [9.17, 15) is 14.0 Å². The maximum Gasteiger partial charge on any atom is 0.259 e. The van der Waals surface area contributed by atoms with Crippen LogP contribution >= 0.6 is 11.6 Å². The topological polar surface area (TPSA) is 55.9 Å². The number of halogens is 2. The number of nitrogens with one attached hydrogen (secondary N) is 1. The van der Waals surface area contributed by atoms with Crippen molar-refractivity contribution in [2.24, 2.45) is 0 Å². The second kappa shape index (κ2) is 7.90. The molecule has 0 saturated carbocycles. The summed E-state index contributed by atoms with van der Waals surface area (Å²) < 4.78 is 14.3. The number of aryl methyl sites for hydroxylation is 1. The van der Waals surface area contributed by atoms with Gasteiger partial charge in [0.15, 0.2) is 0 Å². The molecule has 2 saturated heterocycles. The summed E-state index contributed by atoms with van der Waals surface area (Å²) >= 11 is 6.20. The molecular weight excluding hydrogens is 359 g/mol. The molecule has 142 valence electrons. The molecule has 2 amide bonds. The number of hydrogen-bond donors (Lipinski definition) is 1. The number of nitrogens with zero attached hydrogens (tertiary/aromatic N) is 3. The van der Waals surface area contributed by atoms with E-state index < -0.39 is 17.8 Å². The third-order valence-corrected chi connectivity index (χ3v) is 5.59. The number of carbonyl (C=O) groups is 2. The van der Waals surface area contributed by atoms with Gasteiger partial charge < -0.3 is 20.0 Å². The molecule has 0 bridgehead atoms. The van der Waals surface area contributed by atoms with Crippen molar-refractivity contribution < 1.29 is 14.0 Å². The fourth-order valence-corrected chi connectivity index (χ4v) is 3.64. The molecule has 0 aliphatic carbocycles. The van der Waals surface area contributed by atoms with E-state index in [2.05, 4.69) is 10.2 Å². The van der Waals surface area contributed by atoms with Gasteiger partial charge in [0.05, 0.1) is 10.6 Å². The molecular formula is C18H24ClFN4O2. The molecule has 2 aliphatic heterocycles. The Morgan fingerprint density at radius 2 is 1.88 bits per heavy atom. The van der Waals surface area contributed by atoms with Crippen LogP contribution in [0.3, 0.4) is 0 Å². The number of piperazine rings is 2. The number of benzene rings is 1. The molecule has 0 spiro atoms. The maximum absolute atomic E-state index is 14.3. The third-order valence-electron chi connectivity index (χ3n) is 5.10. The lowest BCUT2D eigenvalue weighted by Crippen LogP contribution is -2.62. The van der Waals surface area contributed by atoms with Crippen molar-refractivity contribution in [3.05, 3.63) is 34.1 Å². The number of amides is 2. The second-order valence-corrected chi connectivity index (χ2v) is 7.28. The molecule has 26 heavy (non-hydrogen) atoms. The van der Waals surface area contributed by atoms with Crippen LogP contribution in [0.5, 0.6) is 0 Å². The molecule has 3 rings (SSSR count). The molecule has 6 nitrogen and oxygen atoms in total. The average Bonchev–Trinajstić information content (AvgIpc) is 2.65. The Morgan fingerprint density at radius 3 is 2.58 bits per heavy atom. The monoisotopic (exact) mass is 382 g/mol. The Hall–Kier alpha value is -1.70. The van der Waals surface area contributed by atoms with E-state index in [4.69, 9.17) is 11.6 Å². The minimum Gasteiger partial charge on any atom is -0.338 e. The van der Waals surface area contributed by atoms with Gasteiger partial charge in [0.1, 0.15) is 11.9 Å². The summed E-state index contributed by atoms with van der Waals surface area (Å²) in [7, 11) is 2.02. The van der Waals surface area contributed by atoms with Crippen molar-refractivity contribution in [3.63, 3.8) is 0 Å². The predicted octanol–water partition coefficient (Wildman–Crippen LogP) is 0.976. The smallest absolute Gasteiger partial charge is 0.259 e.